The molecule has 0 bridgehead atoms. The molecule has 3 rings (SSSR count). The van der Waals surface area contributed by atoms with Crippen LogP contribution in [0, 0.1) is 5.82 Å². The molecule has 158 valence electrons. The number of hydrogen-bond donors (Lipinski definition) is 1. The molecule has 1 amide bonds. The summed E-state index contributed by atoms with van der Waals surface area (Å²) in [7, 11) is -7.38. The van der Waals surface area contributed by atoms with Crippen LogP contribution in [0.2, 0.25) is 5.02 Å². The molecule has 30 heavy (non-hydrogen) atoms. The van der Waals surface area contributed by atoms with E-state index in [4.69, 9.17) is 11.6 Å². The maximum atomic E-state index is 13.2. The van der Waals surface area contributed by atoms with Gasteiger partial charge in [-0.1, -0.05) is 11.6 Å². The molecule has 8 nitrogen and oxygen atoms in total. The van der Waals surface area contributed by atoms with Crippen LogP contribution in [-0.4, -0.2) is 44.2 Å². The first kappa shape index (κ1) is 21.9. The molecule has 0 fully saturated rings. The van der Waals surface area contributed by atoms with Gasteiger partial charge in [-0.05, 0) is 36.4 Å². The molecule has 0 saturated carbocycles. The van der Waals surface area contributed by atoms with E-state index in [1.165, 1.54) is 30.3 Å². The van der Waals surface area contributed by atoms with Gasteiger partial charge in [-0.2, -0.15) is 0 Å². The largest absolute Gasteiger partial charge is 0.322 e. The average molecular weight is 472 g/mol. The number of pyridine rings is 1. The summed E-state index contributed by atoms with van der Waals surface area (Å²) in [4.78, 5) is 16.4. The Morgan fingerprint density at radius 1 is 1.10 bits per heavy atom. The molecule has 0 aliphatic carbocycles. The van der Waals surface area contributed by atoms with Crippen LogP contribution in [0.25, 0.3) is 11.4 Å². The first-order valence-electron chi connectivity index (χ1n) is 8.21. The fourth-order valence-corrected chi connectivity index (χ4v) is 4.40. The standard InChI is InChI=1S/C18H15ClFN3O5S2/c1-29(25,26)15-7-12(19)6-14(8-15)22-18(24)11-5-17(23(10-11)30(2,27)28)16-4-3-13(20)9-21-16/h3-10H,1-2H3,(H,22,24). The van der Waals surface area contributed by atoms with E-state index in [0.717, 1.165) is 34.9 Å². The van der Waals surface area contributed by atoms with Gasteiger partial charge >= 0.3 is 0 Å². The summed E-state index contributed by atoms with van der Waals surface area (Å²) in [6.45, 7) is 0. The molecule has 0 spiro atoms. The Balaban J connectivity index is 2.02. The molecule has 1 N–H and O–H groups in total. The third kappa shape index (κ3) is 4.86. The molecule has 0 aliphatic rings. The molecular weight excluding hydrogens is 457 g/mol. The predicted octanol–water partition coefficient (Wildman–Crippen LogP) is 2.81. The third-order valence-corrected chi connectivity index (χ3v) is 6.28. The van der Waals surface area contributed by atoms with Gasteiger partial charge in [-0.25, -0.2) is 25.2 Å². The van der Waals surface area contributed by atoms with E-state index in [0.29, 0.717) is 0 Å². The first-order chi connectivity index (χ1) is 13.8. The predicted molar refractivity (Wildman–Crippen MR) is 110 cm³/mol. The number of hydrogen-bond acceptors (Lipinski definition) is 6. The number of carbonyl (C=O) groups excluding carboxylic acids is 1. The highest BCUT2D eigenvalue weighted by atomic mass is 35.5. The molecule has 0 atom stereocenters. The highest BCUT2D eigenvalue weighted by Crippen LogP contribution is 2.25. The van der Waals surface area contributed by atoms with Crippen LogP contribution in [0.1, 0.15) is 10.4 Å². The van der Waals surface area contributed by atoms with E-state index < -0.39 is 31.6 Å². The van der Waals surface area contributed by atoms with Gasteiger partial charge in [0, 0.05) is 23.2 Å². The number of carbonyl (C=O) groups is 1. The van der Waals surface area contributed by atoms with Crippen LogP contribution in [0.3, 0.4) is 0 Å². The normalized spacial score (nSPS) is 12.0. The number of halogens is 2. The summed E-state index contributed by atoms with van der Waals surface area (Å²) in [6, 6.07) is 7.49. The molecule has 3 aromatic rings. The zero-order valence-electron chi connectivity index (χ0n) is 15.6. The zero-order chi connectivity index (χ0) is 22.3. The maximum Gasteiger partial charge on any atom is 0.257 e. The van der Waals surface area contributed by atoms with Gasteiger partial charge in [-0.15, -0.1) is 0 Å². The van der Waals surface area contributed by atoms with E-state index >= 15 is 0 Å². The van der Waals surface area contributed by atoms with Crippen molar-refractivity contribution in [1.82, 2.24) is 8.96 Å². The van der Waals surface area contributed by atoms with Crippen molar-refractivity contribution in [3.8, 4) is 11.4 Å². The summed E-state index contributed by atoms with van der Waals surface area (Å²) in [5.74, 6) is -1.31. The molecule has 2 aromatic heterocycles. The van der Waals surface area contributed by atoms with Gasteiger partial charge in [0.25, 0.3) is 5.91 Å². The van der Waals surface area contributed by atoms with Crippen molar-refractivity contribution in [3.63, 3.8) is 0 Å². The summed E-state index contributed by atoms with van der Waals surface area (Å²) in [5.41, 5.74) is 0.275. The Hall–Kier alpha value is -2.76. The van der Waals surface area contributed by atoms with Gasteiger partial charge < -0.3 is 5.32 Å². The Kier molecular flexibility index (Phi) is 5.72. The first-order valence-corrected chi connectivity index (χ1v) is 12.3. The van der Waals surface area contributed by atoms with Crippen LogP contribution < -0.4 is 5.32 Å². The van der Waals surface area contributed by atoms with Crippen molar-refractivity contribution in [1.29, 1.82) is 0 Å². The number of amides is 1. The number of benzene rings is 1. The second-order valence-electron chi connectivity index (χ2n) is 6.44. The zero-order valence-corrected chi connectivity index (χ0v) is 18.0. The number of nitrogens with zero attached hydrogens (tertiary/aromatic N) is 2. The lowest BCUT2D eigenvalue weighted by molar-refractivity contribution is 0.102. The summed E-state index contributed by atoms with van der Waals surface area (Å²) in [6.07, 6.45) is 3.95. The summed E-state index contributed by atoms with van der Waals surface area (Å²) < 4.78 is 61.8. The number of sulfone groups is 1. The fourth-order valence-electron chi connectivity index (χ4n) is 2.61. The number of aromatic nitrogens is 2. The van der Waals surface area contributed by atoms with Gasteiger partial charge in [0.15, 0.2) is 9.84 Å². The van der Waals surface area contributed by atoms with Crippen molar-refractivity contribution < 1.29 is 26.0 Å². The Bertz CT molecular complexity index is 1350. The van der Waals surface area contributed by atoms with Crippen molar-refractivity contribution in [3.05, 3.63) is 65.2 Å². The number of rotatable bonds is 5. The second-order valence-corrected chi connectivity index (χ2v) is 10.7. The third-order valence-electron chi connectivity index (χ3n) is 3.95. The molecule has 0 unspecified atom stereocenters. The van der Waals surface area contributed by atoms with Crippen molar-refractivity contribution in [2.75, 3.05) is 17.8 Å². The number of nitrogens with one attached hydrogen (secondary N) is 1. The molecule has 0 aliphatic heterocycles. The molecular formula is C18H15ClFN3O5S2. The maximum absolute atomic E-state index is 13.2. The van der Waals surface area contributed by atoms with E-state index in [2.05, 4.69) is 10.3 Å². The smallest absolute Gasteiger partial charge is 0.257 e. The van der Waals surface area contributed by atoms with Crippen LogP contribution in [0.4, 0.5) is 10.1 Å². The van der Waals surface area contributed by atoms with Crippen molar-refractivity contribution >= 4 is 43.1 Å². The highest BCUT2D eigenvalue weighted by molar-refractivity contribution is 7.90. The van der Waals surface area contributed by atoms with E-state index in [1.807, 2.05) is 0 Å². The minimum absolute atomic E-state index is 0.0394. The van der Waals surface area contributed by atoms with Crippen LogP contribution in [0.15, 0.2) is 53.7 Å². The monoisotopic (exact) mass is 471 g/mol. The topological polar surface area (TPSA) is 115 Å². The van der Waals surface area contributed by atoms with Gasteiger partial charge in [0.05, 0.1) is 34.3 Å². The lowest BCUT2D eigenvalue weighted by Gasteiger charge is -2.07. The highest BCUT2D eigenvalue weighted by Gasteiger charge is 2.20. The summed E-state index contributed by atoms with van der Waals surface area (Å²) in [5, 5.41) is 2.58. The molecule has 12 heteroatoms. The van der Waals surface area contributed by atoms with Crippen LogP contribution in [-0.2, 0) is 19.9 Å². The van der Waals surface area contributed by atoms with Crippen molar-refractivity contribution in [2.45, 2.75) is 4.90 Å². The molecule has 1 aromatic carbocycles. The summed E-state index contributed by atoms with van der Waals surface area (Å²) >= 11 is 5.93. The quantitative estimate of drug-likeness (QED) is 0.611. The minimum atomic E-state index is -3.81. The molecule has 0 radical (unpaired) electrons. The minimum Gasteiger partial charge on any atom is -0.322 e. The molecule has 2 heterocycles. The van der Waals surface area contributed by atoms with Gasteiger partial charge in [-0.3, -0.25) is 9.78 Å². The van der Waals surface area contributed by atoms with Crippen LogP contribution in [0.5, 0.6) is 0 Å². The fraction of sp³-hybridized carbons (Fsp3) is 0.111. The lowest BCUT2D eigenvalue weighted by atomic mass is 10.2. The molecule has 0 saturated heterocycles. The average Bonchev–Trinajstić information content (AvgIpc) is 3.07. The Morgan fingerprint density at radius 2 is 1.80 bits per heavy atom. The van der Waals surface area contributed by atoms with E-state index in [-0.39, 0.29) is 32.6 Å². The SMILES string of the molecule is CS(=O)(=O)c1cc(Cl)cc(NC(=O)c2cc(-c3ccc(F)cn3)n(S(C)(=O)=O)c2)c1. The Labute approximate surface area is 177 Å². The Morgan fingerprint density at radius 3 is 2.37 bits per heavy atom. The van der Waals surface area contributed by atoms with Gasteiger partial charge in [0.2, 0.25) is 10.0 Å². The van der Waals surface area contributed by atoms with E-state index in [9.17, 15) is 26.0 Å². The van der Waals surface area contributed by atoms with Gasteiger partial charge in [0.1, 0.15) is 5.82 Å². The second kappa shape index (κ2) is 7.82. The van der Waals surface area contributed by atoms with E-state index in [1.54, 1.807) is 0 Å². The lowest BCUT2D eigenvalue weighted by Crippen LogP contribution is -2.13. The van der Waals surface area contributed by atoms with Crippen molar-refractivity contribution in [2.24, 2.45) is 0 Å². The van der Waals surface area contributed by atoms with Crippen LogP contribution >= 0.6 is 11.6 Å². The number of anilines is 1.